The predicted octanol–water partition coefficient (Wildman–Crippen LogP) is 1.80. The molecule has 0 amide bonds. The van der Waals surface area contributed by atoms with Crippen molar-refractivity contribution >= 4 is 11.7 Å². The SMILES string of the molecule is CC1(C)CCCN(c2cc(C(N)=NO)ccn2)C1. The van der Waals surface area contributed by atoms with Gasteiger partial charge in [0, 0.05) is 24.8 Å². The van der Waals surface area contributed by atoms with Crippen molar-refractivity contribution in [2.45, 2.75) is 26.7 Å². The largest absolute Gasteiger partial charge is 0.409 e. The number of aromatic nitrogens is 1. The van der Waals surface area contributed by atoms with Crippen molar-refractivity contribution in [3.05, 3.63) is 23.9 Å². The molecule has 1 saturated heterocycles. The van der Waals surface area contributed by atoms with Crippen LogP contribution in [-0.4, -0.2) is 29.1 Å². The summed E-state index contributed by atoms with van der Waals surface area (Å²) in [6.07, 6.45) is 4.11. The van der Waals surface area contributed by atoms with E-state index in [0.717, 1.165) is 18.9 Å². The molecule has 3 N–H and O–H groups in total. The van der Waals surface area contributed by atoms with Crippen LogP contribution in [0.4, 0.5) is 5.82 Å². The fraction of sp³-hybridized carbons (Fsp3) is 0.538. The summed E-state index contributed by atoms with van der Waals surface area (Å²) < 4.78 is 0. The second-order valence-corrected chi connectivity index (χ2v) is 5.58. The summed E-state index contributed by atoms with van der Waals surface area (Å²) in [7, 11) is 0. The number of hydrogen-bond acceptors (Lipinski definition) is 4. The van der Waals surface area contributed by atoms with Gasteiger partial charge in [-0.05, 0) is 30.4 Å². The third-order valence-electron chi connectivity index (χ3n) is 3.37. The van der Waals surface area contributed by atoms with Crippen molar-refractivity contribution in [2.24, 2.45) is 16.3 Å². The number of nitrogens with two attached hydrogens (primary N) is 1. The normalized spacial score (nSPS) is 19.9. The van der Waals surface area contributed by atoms with E-state index in [2.05, 4.69) is 28.9 Å². The van der Waals surface area contributed by atoms with Gasteiger partial charge in [0.05, 0.1) is 0 Å². The highest BCUT2D eigenvalue weighted by molar-refractivity contribution is 5.97. The number of piperidine rings is 1. The lowest BCUT2D eigenvalue weighted by Gasteiger charge is -2.38. The zero-order valence-electron chi connectivity index (χ0n) is 10.9. The number of anilines is 1. The van der Waals surface area contributed by atoms with E-state index in [1.165, 1.54) is 12.8 Å². The van der Waals surface area contributed by atoms with Gasteiger partial charge in [-0.2, -0.15) is 0 Å². The Kier molecular flexibility index (Phi) is 3.41. The van der Waals surface area contributed by atoms with Gasteiger partial charge in [-0.25, -0.2) is 4.98 Å². The standard InChI is InChI=1S/C13H20N4O/c1-13(2)5-3-7-17(9-13)11-8-10(4-6-15-11)12(14)16-18/h4,6,8,18H,3,5,7,9H2,1-2H3,(H2,14,16). The summed E-state index contributed by atoms with van der Waals surface area (Å²) in [6.45, 7) is 6.54. The van der Waals surface area contributed by atoms with Crippen LogP contribution in [-0.2, 0) is 0 Å². The number of oxime groups is 1. The summed E-state index contributed by atoms with van der Waals surface area (Å²) in [5, 5.41) is 11.7. The molecule has 1 aliphatic rings. The fourth-order valence-corrected chi connectivity index (χ4v) is 2.43. The Morgan fingerprint density at radius 1 is 1.56 bits per heavy atom. The molecule has 0 atom stereocenters. The number of rotatable bonds is 2. The van der Waals surface area contributed by atoms with E-state index in [4.69, 9.17) is 10.9 Å². The Balaban J connectivity index is 2.23. The average Bonchev–Trinajstić information content (AvgIpc) is 2.37. The number of amidine groups is 1. The molecule has 2 rings (SSSR count). The quantitative estimate of drug-likeness (QED) is 0.362. The zero-order valence-corrected chi connectivity index (χ0v) is 10.9. The molecule has 0 saturated carbocycles. The molecule has 2 heterocycles. The lowest BCUT2D eigenvalue weighted by molar-refractivity contribution is 0.292. The summed E-state index contributed by atoms with van der Waals surface area (Å²) in [6, 6.07) is 3.62. The molecule has 0 aliphatic carbocycles. The maximum absolute atomic E-state index is 8.70. The Bertz CT molecular complexity index is 456. The van der Waals surface area contributed by atoms with Crippen molar-refractivity contribution in [3.63, 3.8) is 0 Å². The number of hydrogen-bond donors (Lipinski definition) is 2. The average molecular weight is 248 g/mol. The maximum Gasteiger partial charge on any atom is 0.170 e. The van der Waals surface area contributed by atoms with E-state index < -0.39 is 0 Å². The van der Waals surface area contributed by atoms with E-state index in [9.17, 15) is 0 Å². The molecule has 5 nitrogen and oxygen atoms in total. The van der Waals surface area contributed by atoms with E-state index in [-0.39, 0.29) is 5.84 Å². The lowest BCUT2D eigenvalue weighted by atomic mass is 9.84. The van der Waals surface area contributed by atoms with Crippen LogP contribution in [0.3, 0.4) is 0 Å². The second-order valence-electron chi connectivity index (χ2n) is 5.58. The van der Waals surface area contributed by atoms with Gasteiger partial charge in [-0.3, -0.25) is 0 Å². The van der Waals surface area contributed by atoms with E-state index in [1.54, 1.807) is 12.3 Å². The minimum absolute atomic E-state index is 0.120. The fourth-order valence-electron chi connectivity index (χ4n) is 2.43. The first-order chi connectivity index (χ1) is 8.52. The number of pyridine rings is 1. The van der Waals surface area contributed by atoms with Crippen LogP contribution < -0.4 is 10.6 Å². The molecule has 18 heavy (non-hydrogen) atoms. The van der Waals surface area contributed by atoms with Gasteiger partial charge in [-0.1, -0.05) is 19.0 Å². The van der Waals surface area contributed by atoms with Gasteiger partial charge in [0.15, 0.2) is 5.84 Å². The van der Waals surface area contributed by atoms with Crippen molar-refractivity contribution < 1.29 is 5.21 Å². The van der Waals surface area contributed by atoms with E-state index in [0.29, 0.717) is 11.0 Å². The molecule has 0 aromatic carbocycles. The van der Waals surface area contributed by atoms with Crippen molar-refractivity contribution in [2.75, 3.05) is 18.0 Å². The van der Waals surface area contributed by atoms with Crippen molar-refractivity contribution in [1.29, 1.82) is 0 Å². The molecule has 98 valence electrons. The Labute approximate surface area is 107 Å². The highest BCUT2D eigenvalue weighted by atomic mass is 16.4. The summed E-state index contributed by atoms with van der Waals surface area (Å²) in [5.74, 6) is 1.02. The Hall–Kier alpha value is -1.78. The first-order valence-electron chi connectivity index (χ1n) is 6.21. The van der Waals surface area contributed by atoms with Crippen LogP contribution in [0.2, 0.25) is 0 Å². The molecule has 0 radical (unpaired) electrons. The van der Waals surface area contributed by atoms with Crippen LogP contribution in [0.5, 0.6) is 0 Å². The molecule has 1 aromatic heterocycles. The molecule has 5 heteroatoms. The van der Waals surface area contributed by atoms with Gasteiger partial charge in [-0.15, -0.1) is 0 Å². The maximum atomic E-state index is 8.70. The van der Waals surface area contributed by atoms with Gasteiger partial charge < -0.3 is 15.8 Å². The minimum Gasteiger partial charge on any atom is -0.409 e. The van der Waals surface area contributed by atoms with E-state index >= 15 is 0 Å². The van der Waals surface area contributed by atoms with Crippen molar-refractivity contribution in [3.8, 4) is 0 Å². The Morgan fingerprint density at radius 3 is 3.00 bits per heavy atom. The molecule has 1 aromatic rings. The summed E-state index contributed by atoms with van der Waals surface area (Å²) >= 11 is 0. The van der Waals surface area contributed by atoms with Gasteiger partial charge in [0.2, 0.25) is 0 Å². The first kappa shape index (κ1) is 12.7. The summed E-state index contributed by atoms with van der Waals surface area (Å²) in [5.41, 5.74) is 6.61. The second kappa shape index (κ2) is 4.84. The van der Waals surface area contributed by atoms with Crippen LogP contribution in [0, 0.1) is 5.41 Å². The van der Waals surface area contributed by atoms with Crippen molar-refractivity contribution in [1.82, 2.24) is 4.98 Å². The molecule has 0 bridgehead atoms. The predicted molar refractivity (Wildman–Crippen MR) is 72.0 cm³/mol. The van der Waals surface area contributed by atoms with Crippen LogP contribution in [0.25, 0.3) is 0 Å². The monoisotopic (exact) mass is 248 g/mol. The molecule has 0 unspecified atom stereocenters. The number of nitrogens with zero attached hydrogens (tertiary/aromatic N) is 3. The minimum atomic E-state index is 0.120. The lowest BCUT2D eigenvalue weighted by Crippen LogP contribution is -2.40. The van der Waals surface area contributed by atoms with Gasteiger partial charge >= 0.3 is 0 Å². The molecular formula is C13H20N4O. The smallest absolute Gasteiger partial charge is 0.170 e. The van der Waals surface area contributed by atoms with Gasteiger partial charge in [0.1, 0.15) is 5.82 Å². The molecule has 0 spiro atoms. The van der Waals surface area contributed by atoms with Crippen LogP contribution in [0.1, 0.15) is 32.3 Å². The zero-order chi connectivity index (χ0) is 13.2. The van der Waals surface area contributed by atoms with Crippen LogP contribution >= 0.6 is 0 Å². The first-order valence-corrected chi connectivity index (χ1v) is 6.21. The third-order valence-corrected chi connectivity index (χ3v) is 3.37. The summed E-state index contributed by atoms with van der Waals surface area (Å²) in [4.78, 5) is 6.64. The van der Waals surface area contributed by atoms with Gasteiger partial charge in [0.25, 0.3) is 0 Å². The molecular weight excluding hydrogens is 228 g/mol. The molecule has 1 fully saturated rings. The highest BCUT2D eigenvalue weighted by Crippen LogP contribution is 2.30. The topological polar surface area (TPSA) is 74.7 Å². The van der Waals surface area contributed by atoms with Crippen LogP contribution in [0.15, 0.2) is 23.5 Å². The van der Waals surface area contributed by atoms with E-state index in [1.807, 2.05) is 6.07 Å². The highest BCUT2D eigenvalue weighted by Gasteiger charge is 2.27. The molecule has 1 aliphatic heterocycles. The third kappa shape index (κ3) is 2.72. The Morgan fingerprint density at radius 2 is 2.33 bits per heavy atom.